The number of hydrogen-bond donors (Lipinski definition) is 3. The van der Waals surface area contributed by atoms with Crippen molar-refractivity contribution in [1.29, 1.82) is 0 Å². The van der Waals surface area contributed by atoms with Crippen LogP contribution in [0.2, 0.25) is 0 Å². The fraction of sp³-hybridized carbons (Fsp3) is 0.200. The van der Waals surface area contributed by atoms with Gasteiger partial charge in [0, 0.05) is 17.1 Å². The Balaban J connectivity index is 0. The Hall–Kier alpha value is 0.360. The molecule has 0 fully saturated rings. The van der Waals surface area contributed by atoms with Crippen molar-refractivity contribution in [3.63, 3.8) is 0 Å². The van der Waals surface area contributed by atoms with Crippen LogP contribution < -0.4 is 30.5 Å². The zero-order chi connectivity index (χ0) is 9.26. The predicted octanol–water partition coefficient (Wildman–Crippen LogP) is -5.00. The SMILES string of the molecule is NCCc1c[nH]c2ccc(O)cc12.[Ca+2].[Cl-].[Cl-]. The van der Waals surface area contributed by atoms with Crippen molar-refractivity contribution in [2.75, 3.05) is 6.54 Å². The topological polar surface area (TPSA) is 62.0 Å². The van der Waals surface area contributed by atoms with Crippen molar-refractivity contribution >= 4 is 48.6 Å². The van der Waals surface area contributed by atoms with E-state index in [4.69, 9.17) is 5.73 Å². The van der Waals surface area contributed by atoms with Crippen molar-refractivity contribution in [2.45, 2.75) is 6.42 Å². The van der Waals surface area contributed by atoms with Crippen molar-refractivity contribution in [3.8, 4) is 5.75 Å². The fourth-order valence-corrected chi connectivity index (χ4v) is 1.53. The summed E-state index contributed by atoms with van der Waals surface area (Å²) in [7, 11) is 0. The van der Waals surface area contributed by atoms with Crippen LogP contribution in [0.4, 0.5) is 0 Å². The van der Waals surface area contributed by atoms with Gasteiger partial charge in [-0.2, -0.15) is 0 Å². The molecule has 0 aliphatic heterocycles. The maximum Gasteiger partial charge on any atom is 2.00 e. The molecule has 4 N–H and O–H groups in total. The molecule has 0 aliphatic rings. The number of phenols is 1. The smallest absolute Gasteiger partial charge is 1.00 e. The molecule has 0 atom stereocenters. The number of halogens is 2. The molecular formula is C10H12CaCl2N2O. The third-order valence-corrected chi connectivity index (χ3v) is 2.16. The summed E-state index contributed by atoms with van der Waals surface area (Å²) in [6, 6.07) is 5.30. The molecule has 1 aromatic heterocycles. The third-order valence-electron chi connectivity index (χ3n) is 2.16. The van der Waals surface area contributed by atoms with Gasteiger partial charge in [0.05, 0.1) is 0 Å². The predicted molar refractivity (Wildman–Crippen MR) is 58.5 cm³/mol. The van der Waals surface area contributed by atoms with Crippen molar-refractivity contribution in [2.24, 2.45) is 5.73 Å². The molecule has 0 unspecified atom stereocenters. The second kappa shape index (κ2) is 8.45. The molecule has 6 heteroatoms. The summed E-state index contributed by atoms with van der Waals surface area (Å²) in [6.07, 6.45) is 2.78. The van der Waals surface area contributed by atoms with Gasteiger partial charge in [-0.1, -0.05) is 0 Å². The molecule has 3 nitrogen and oxygen atoms in total. The molecule has 0 radical (unpaired) electrons. The van der Waals surface area contributed by atoms with Crippen molar-refractivity contribution < 1.29 is 29.9 Å². The summed E-state index contributed by atoms with van der Waals surface area (Å²) in [6.45, 7) is 0.628. The molecule has 2 aromatic rings. The molecule has 2 rings (SSSR count). The number of rotatable bonds is 2. The summed E-state index contributed by atoms with van der Waals surface area (Å²) in [5, 5.41) is 10.4. The van der Waals surface area contributed by atoms with Gasteiger partial charge in [-0.25, -0.2) is 0 Å². The Morgan fingerprint density at radius 2 is 1.94 bits per heavy atom. The van der Waals surface area contributed by atoms with Gasteiger partial charge in [0.25, 0.3) is 0 Å². The Morgan fingerprint density at radius 3 is 2.56 bits per heavy atom. The molecule has 0 aliphatic carbocycles. The second-order valence-electron chi connectivity index (χ2n) is 3.08. The Bertz CT molecular complexity index is 434. The summed E-state index contributed by atoms with van der Waals surface area (Å²) >= 11 is 0. The van der Waals surface area contributed by atoms with E-state index in [-0.39, 0.29) is 62.6 Å². The minimum Gasteiger partial charge on any atom is -1.00 e. The van der Waals surface area contributed by atoms with E-state index >= 15 is 0 Å². The first-order valence-electron chi connectivity index (χ1n) is 4.30. The molecule has 0 saturated carbocycles. The number of aromatic amines is 1. The standard InChI is InChI=1S/C10H12N2O.Ca.2ClH/c11-4-3-7-6-12-10-2-1-8(13)5-9(7)10;;;/h1-2,5-6,12-13H,3-4,11H2;;2*1H/q;+2;;/p-2. The van der Waals surface area contributed by atoms with Gasteiger partial charge < -0.3 is 40.6 Å². The number of H-pyrrole nitrogens is 1. The Kier molecular flexibility index (Phi) is 9.89. The minimum absolute atomic E-state index is 0. The van der Waals surface area contributed by atoms with E-state index in [9.17, 15) is 5.11 Å². The number of benzene rings is 1. The molecule has 1 heterocycles. The van der Waals surface area contributed by atoms with Crippen LogP contribution in [0.15, 0.2) is 24.4 Å². The zero-order valence-electron chi connectivity index (χ0n) is 8.71. The first kappa shape index (κ1) is 18.7. The molecule has 84 valence electrons. The van der Waals surface area contributed by atoms with Crippen LogP contribution in [0.1, 0.15) is 5.56 Å². The number of phenolic OH excluding ortho intramolecular Hbond substituents is 1. The van der Waals surface area contributed by atoms with E-state index in [1.165, 1.54) is 0 Å². The Labute approximate surface area is 137 Å². The second-order valence-corrected chi connectivity index (χ2v) is 3.08. The van der Waals surface area contributed by atoms with Gasteiger partial charge >= 0.3 is 37.7 Å². The monoisotopic (exact) mass is 286 g/mol. The van der Waals surface area contributed by atoms with Gasteiger partial charge in [-0.15, -0.1) is 0 Å². The number of nitrogens with two attached hydrogens (primary N) is 1. The number of fused-ring (bicyclic) bond motifs is 1. The van der Waals surface area contributed by atoms with E-state index in [0.717, 1.165) is 22.9 Å². The average molecular weight is 287 g/mol. The molecular weight excluding hydrogens is 275 g/mol. The van der Waals surface area contributed by atoms with Gasteiger partial charge in [0.1, 0.15) is 5.75 Å². The molecule has 0 bridgehead atoms. The van der Waals surface area contributed by atoms with Crippen LogP contribution in [0, 0.1) is 0 Å². The van der Waals surface area contributed by atoms with E-state index in [1.807, 2.05) is 12.3 Å². The summed E-state index contributed by atoms with van der Waals surface area (Å²) < 4.78 is 0. The maximum absolute atomic E-state index is 9.30. The van der Waals surface area contributed by atoms with Crippen LogP contribution in [-0.2, 0) is 6.42 Å². The molecule has 16 heavy (non-hydrogen) atoms. The molecule has 0 saturated heterocycles. The van der Waals surface area contributed by atoms with Crippen LogP contribution in [0.5, 0.6) is 5.75 Å². The van der Waals surface area contributed by atoms with Crippen molar-refractivity contribution in [1.82, 2.24) is 4.98 Å². The van der Waals surface area contributed by atoms with Gasteiger partial charge in [-0.05, 0) is 36.7 Å². The van der Waals surface area contributed by atoms with Crippen LogP contribution in [0.3, 0.4) is 0 Å². The quantitative estimate of drug-likeness (QED) is 0.485. The van der Waals surface area contributed by atoms with E-state index in [1.54, 1.807) is 12.1 Å². The number of hydrogen-bond acceptors (Lipinski definition) is 2. The maximum atomic E-state index is 9.30. The van der Waals surface area contributed by atoms with Gasteiger partial charge in [-0.3, -0.25) is 0 Å². The summed E-state index contributed by atoms with van der Waals surface area (Å²) in [4.78, 5) is 3.13. The zero-order valence-corrected chi connectivity index (χ0v) is 12.4. The Morgan fingerprint density at radius 1 is 1.25 bits per heavy atom. The normalized spacial score (nSPS) is 8.81. The summed E-state index contributed by atoms with van der Waals surface area (Å²) in [5.41, 5.74) is 7.68. The molecule has 1 aromatic carbocycles. The number of nitrogens with one attached hydrogen (secondary N) is 1. The van der Waals surface area contributed by atoms with E-state index < -0.39 is 0 Å². The fourth-order valence-electron chi connectivity index (χ4n) is 1.53. The summed E-state index contributed by atoms with van der Waals surface area (Å²) in [5.74, 6) is 0.297. The first-order valence-corrected chi connectivity index (χ1v) is 4.30. The molecule has 0 amide bonds. The van der Waals surface area contributed by atoms with E-state index in [2.05, 4.69) is 4.98 Å². The van der Waals surface area contributed by atoms with Crippen LogP contribution in [-0.4, -0.2) is 54.4 Å². The minimum atomic E-state index is 0. The van der Waals surface area contributed by atoms with Crippen LogP contribution in [0.25, 0.3) is 10.9 Å². The van der Waals surface area contributed by atoms with Crippen LogP contribution >= 0.6 is 0 Å². The number of aromatic nitrogens is 1. The van der Waals surface area contributed by atoms with Gasteiger partial charge in [0.2, 0.25) is 0 Å². The molecule has 0 spiro atoms. The first-order chi connectivity index (χ1) is 6.31. The van der Waals surface area contributed by atoms with Gasteiger partial charge in [0.15, 0.2) is 0 Å². The third kappa shape index (κ3) is 3.99. The van der Waals surface area contributed by atoms with Crippen molar-refractivity contribution in [3.05, 3.63) is 30.0 Å². The van der Waals surface area contributed by atoms with E-state index in [0.29, 0.717) is 12.3 Å². The average Bonchev–Trinajstić information content (AvgIpc) is 2.49. The largest absolute Gasteiger partial charge is 2.00 e. The number of aromatic hydroxyl groups is 1.